The number of H-pyrrole nitrogens is 1. The Labute approximate surface area is 63.1 Å². The summed E-state index contributed by atoms with van der Waals surface area (Å²) in [7, 11) is 0. The summed E-state index contributed by atoms with van der Waals surface area (Å²) in [6.07, 6.45) is 3.31. The van der Waals surface area contributed by atoms with Gasteiger partial charge in [0.1, 0.15) is 0 Å². The van der Waals surface area contributed by atoms with Gasteiger partial charge in [-0.3, -0.25) is 9.78 Å². The maximum absolute atomic E-state index is 10.8. The lowest BCUT2D eigenvalue weighted by Gasteiger charge is -1.84. The van der Waals surface area contributed by atoms with Gasteiger partial charge in [0.15, 0.2) is 0 Å². The van der Waals surface area contributed by atoms with E-state index >= 15 is 0 Å². The van der Waals surface area contributed by atoms with Gasteiger partial charge < -0.3 is 4.98 Å². The van der Waals surface area contributed by atoms with Crippen LogP contribution in [0.3, 0.4) is 0 Å². The van der Waals surface area contributed by atoms with Crippen molar-refractivity contribution in [2.24, 2.45) is 0 Å². The highest BCUT2D eigenvalue weighted by Crippen LogP contribution is 2.12. The largest absolute Gasteiger partial charge is 0.322 e. The molecule has 0 amide bonds. The highest BCUT2D eigenvalue weighted by Gasteiger charge is 2.00. The predicted molar refractivity (Wildman–Crippen MR) is 41.5 cm³/mol. The molecule has 0 aliphatic carbocycles. The highest BCUT2D eigenvalue weighted by molar-refractivity contribution is 5.59. The van der Waals surface area contributed by atoms with Gasteiger partial charge in [0.25, 0.3) is 0 Å². The molecule has 2 aliphatic rings. The second-order valence-corrected chi connectivity index (χ2v) is 2.28. The van der Waals surface area contributed by atoms with Crippen LogP contribution in [0.4, 0.5) is 0 Å². The second-order valence-electron chi connectivity index (χ2n) is 2.28. The standard InChI is InChI=1S/C8H6N2O/c11-8-5-6-1-3-9-4-2-7(6)10-8/h1-5H,(H,10,11). The monoisotopic (exact) mass is 146 g/mol. The van der Waals surface area contributed by atoms with E-state index in [2.05, 4.69) is 9.97 Å². The predicted octanol–water partition coefficient (Wildman–Crippen LogP) is 0.875. The lowest BCUT2D eigenvalue weighted by molar-refractivity contribution is 1.31. The van der Waals surface area contributed by atoms with Gasteiger partial charge in [-0.15, -0.1) is 0 Å². The lowest BCUT2D eigenvalue weighted by Crippen LogP contribution is -1.92. The molecule has 0 saturated heterocycles. The molecule has 0 radical (unpaired) electrons. The normalized spacial score (nSPS) is 10.2. The van der Waals surface area contributed by atoms with Gasteiger partial charge in [-0.2, -0.15) is 0 Å². The summed E-state index contributed by atoms with van der Waals surface area (Å²) >= 11 is 0. The fraction of sp³-hybridized carbons (Fsp3) is 0. The van der Waals surface area contributed by atoms with E-state index in [1.807, 2.05) is 0 Å². The Morgan fingerprint density at radius 1 is 1.27 bits per heavy atom. The Morgan fingerprint density at radius 2 is 2.09 bits per heavy atom. The first kappa shape index (κ1) is 6.09. The molecule has 3 nitrogen and oxygen atoms in total. The van der Waals surface area contributed by atoms with Crippen LogP contribution in [-0.2, 0) is 0 Å². The SMILES string of the molecule is O=c1cc2ccnccc-2[nH]1. The first-order valence-corrected chi connectivity index (χ1v) is 3.29. The molecule has 0 aromatic carbocycles. The van der Waals surface area contributed by atoms with E-state index in [-0.39, 0.29) is 5.56 Å². The van der Waals surface area contributed by atoms with E-state index in [1.165, 1.54) is 0 Å². The minimum absolute atomic E-state index is 0.0637. The third kappa shape index (κ3) is 1.00. The number of nitrogens with zero attached hydrogens (tertiary/aromatic N) is 1. The molecule has 0 aromatic rings. The molecule has 0 aromatic heterocycles. The van der Waals surface area contributed by atoms with Crippen LogP contribution < -0.4 is 5.56 Å². The topological polar surface area (TPSA) is 45.8 Å². The first-order valence-electron chi connectivity index (χ1n) is 3.29. The van der Waals surface area contributed by atoms with Gasteiger partial charge in [0.05, 0.1) is 5.69 Å². The summed E-state index contributed by atoms with van der Waals surface area (Å²) in [4.78, 5) is 17.4. The van der Waals surface area contributed by atoms with E-state index in [4.69, 9.17) is 0 Å². The Balaban J connectivity index is 2.83. The molecule has 0 bridgehead atoms. The molecule has 0 atom stereocenters. The molecular formula is C8H6N2O. The summed E-state index contributed by atoms with van der Waals surface area (Å²) in [6, 6.07) is 5.13. The van der Waals surface area contributed by atoms with Crippen molar-refractivity contribution in [2.45, 2.75) is 0 Å². The van der Waals surface area contributed by atoms with Gasteiger partial charge in [0, 0.05) is 24.0 Å². The van der Waals surface area contributed by atoms with Crippen LogP contribution in [-0.4, -0.2) is 9.97 Å². The van der Waals surface area contributed by atoms with Crippen molar-refractivity contribution in [1.29, 1.82) is 0 Å². The maximum atomic E-state index is 10.8. The number of hydrogen-bond acceptors (Lipinski definition) is 2. The van der Waals surface area contributed by atoms with Crippen molar-refractivity contribution in [3.8, 4) is 11.3 Å². The zero-order valence-corrected chi connectivity index (χ0v) is 5.74. The average molecular weight is 146 g/mol. The van der Waals surface area contributed by atoms with E-state index in [1.54, 1.807) is 30.6 Å². The van der Waals surface area contributed by atoms with Crippen LogP contribution in [0.2, 0.25) is 0 Å². The number of aromatic nitrogens is 2. The van der Waals surface area contributed by atoms with Crippen LogP contribution >= 0.6 is 0 Å². The van der Waals surface area contributed by atoms with Gasteiger partial charge in [-0.05, 0) is 12.1 Å². The molecule has 54 valence electrons. The van der Waals surface area contributed by atoms with Gasteiger partial charge in [0.2, 0.25) is 5.56 Å². The summed E-state index contributed by atoms with van der Waals surface area (Å²) < 4.78 is 0. The van der Waals surface area contributed by atoms with Crippen LogP contribution in [0.5, 0.6) is 0 Å². The molecule has 0 spiro atoms. The summed E-state index contributed by atoms with van der Waals surface area (Å²) in [5.41, 5.74) is 1.66. The number of fused-ring (bicyclic) bond motifs is 1. The molecule has 2 heterocycles. The van der Waals surface area contributed by atoms with Gasteiger partial charge in [-0.1, -0.05) is 0 Å². The number of hydrogen-bond donors (Lipinski definition) is 1. The summed E-state index contributed by atoms with van der Waals surface area (Å²) in [6.45, 7) is 0. The number of nitrogens with one attached hydrogen (secondary N) is 1. The molecule has 0 saturated carbocycles. The van der Waals surface area contributed by atoms with E-state index in [9.17, 15) is 4.79 Å². The second kappa shape index (κ2) is 2.20. The van der Waals surface area contributed by atoms with Crippen molar-refractivity contribution in [2.75, 3.05) is 0 Å². The quantitative estimate of drug-likeness (QED) is 0.599. The van der Waals surface area contributed by atoms with Crippen molar-refractivity contribution < 1.29 is 0 Å². The van der Waals surface area contributed by atoms with Gasteiger partial charge >= 0.3 is 0 Å². The molecule has 3 heteroatoms. The molecule has 1 N–H and O–H groups in total. The Kier molecular flexibility index (Phi) is 1.22. The van der Waals surface area contributed by atoms with Crippen LogP contribution in [0, 0.1) is 0 Å². The van der Waals surface area contributed by atoms with Crippen molar-refractivity contribution in [3.63, 3.8) is 0 Å². The fourth-order valence-electron chi connectivity index (χ4n) is 1.03. The molecule has 2 rings (SSSR count). The van der Waals surface area contributed by atoms with E-state index < -0.39 is 0 Å². The maximum Gasteiger partial charge on any atom is 0.249 e. The third-order valence-electron chi connectivity index (χ3n) is 1.52. The van der Waals surface area contributed by atoms with Crippen molar-refractivity contribution in [3.05, 3.63) is 40.9 Å². The highest BCUT2D eigenvalue weighted by atomic mass is 16.1. The average Bonchev–Trinajstić information content (AvgIpc) is 2.17. The first-order chi connectivity index (χ1) is 5.36. The minimum Gasteiger partial charge on any atom is -0.322 e. The van der Waals surface area contributed by atoms with Crippen molar-refractivity contribution in [1.82, 2.24) is 9.97 Å². The lowest BCUT2D eigenvalue weighted by atomic mass is 10.2. The summed E-state index contributed by atoms with van der Waals surface area (Å²) in [5.74, 6) is 0. The zero-order chi connectivity index (χ0) is 7.68. The van der Waals surface area contributed by atoms with Crippen molar-refractivity contribution >= 4 is 0 Å². The van der Waals surface area contributed by atoms with Crippen LogP contribution in [0.15, 0.2) is 35.4 Å². The Hall–Kier alpha value is -1.64. The van der Waals surface area contributed by atoms with Crippen LogP contribution in [0.1, 0.15) is 0 Å². The molecule has 11 heavy (non-hydrogen) atoms. The Morgan fingerprint density at radius 3 is 3.00 bits per heavy atom. The zero-order valence-electron chi connectivity index (χ0n) is 5.74. The number of aromatic amines is 1. The fourth-order valence-corrected chi connectivity index (χ4v) is 1.03. The molecular weight excluding hydrogens is 140 g/mol. The van der Waals surface area contributed by atoms with E-state index in [0.717, 1.165) is 11.3 Å². The molecule has 0 unspecified atom stereocenters. The molecule has 2 aliphatic heterocycles. The Bertz CT molecular complexity index is 360. The van der Waals surface area contributed by atoms with Gasteiger partial charge in [-0.25, -0.2) is 0 Å². The smallest absolute Gasteiger partial charge is 0.249 e. The summed E-state index contributed by atoms with van der Waals surface area (Å²) in [5, 5.41) is 0. The van der Waals surface area contributed by atoms with E-state index in [0.29, 0.717) is 0 Å². The number of rotatable bonds is 0. The third-order valence-corrected chi connectivity index (χ3v) is 1.52. The van der Waals surface area contributed by atoms with Crippen LogP contribution in [0.25, 0.3) is 11.3 Å². The molecule has 0 fully saturated rings. The minimum atomic E-state index is -0.0637.